The van der Waals surface area contributed by atoms with E-state index in [1.165, 1.54) is 12.1 Å². The second-order valence-electron chi connectivity index (χ2n) is 5.23. The second-order valence-corrected chi connectivity index (χ2v) is 5.23. The molecule has 0 spiro atoms. The van der Waals surface area contributed by atoms with Gasteiger partial charge in [0.1, 0.15) is 11.6 Å². The summed E-state index contributed by atoms with van der Waals surface area (Å²) in [6, 6.07) is 11.8. The van der Waals surface area contributed by atoms with Crippen LogP contribution in [-0.4, -0.2) is 15.9 Å². The van der Waals surface area contributed by atoms with Gasteiger partial charge in [-0.05, 0) is 49.2 Å². The van der Waals surface area contributed by atoms with Gasteiger partial charge in [0, 0.05) is 12.1 Å². The van der Waals surface area contributed by atoms with Crippen LogP contribution >= 0.6 is 0 Å². The third kappa shape index (κ3) is 3.31. The van der Waals surface area contributed by atoms with Gasteiger partial charge in [0.25, 0.3) is 0 Å². The van der Waals surface area contributed by atoms with Crippen LogP contribution in [0.4, 0.5) is 10.1 Å². The highest BCUT2D eigenvalue weighted by Gasteiger charge is 2.06. The van der Waals surface area contributed by atoms with Crippen LogP contribution < -0.4 is 5.32 Å². The van der Waals surface area contributed by atoms with Crippen molar-refractivity contribution in [1.82, 2.24) is 9.97 Å². The normalized spacial score (nSPS) is 10.8. The molecular formula is C17H16FN3O. The van der Waals surface area contributed by atoms with Crippen molar-refractivity contribution in [2.45, 2.75) is 19.8 Å². The van der Waals surface area contributed by atoms with Gasteiger partial charge in [0.05, 0.1) is 11.0 Å². The molecule has 1 heterocycles. The topological polar surface area (TPSA) is 57.8 Å². The first-order valence-electron chi connectivity index (χ1n) is 7.11. The zero-order valence-electron chi connectivity index (χ0n) is 12.2. The highest BCUT2D eigenvalue weighted by Crippen LogP contribution is 2.17. The maximum absolute atomic E-state index is 12.8. The molecule has 0 unspecified atom stereocenters. The van der Waals surface area contributed by atoms with Gasteiger partial charge in [-0.25, -0.2) is 9.37 Å². The Hall–Kier alpha value is -2.69. The Kier molecular flexibility index (Phi) is 3.87. The minimum absolute atomic E-state index is 0.0695. The van der Waals surface area contributed by atoms with E-state index in [0.717, 1.165) is 28.1 Å². The quantitative estimate of drug-likeness (QED) is 0.773. The van der Waals surface area contributed by atoms with Crippen molar-refractivity contribution >= 4 is 22.6 Å². The summed E-state index contributed by atoms with van der Waals surface area (Å²) in [6.07, 6.45) is 0.934. The van der Waals surface area contributed by atoms with Crippen molar-refractivity contribution in [3.8, 4) is 0 Å². The van der Waals surface area contributed by atoms with E-state index in [4.69, 9.17) is 0 Å². The first kappa shape index (κ1) is 14.3. The third-order valence-electron chi connectivity index (χ3n) is 3.44. The summed E-state index contributed by atoms with van der Waals surface area (Å²) in [5, 5.41) is 2.86. The number of carbonyl (C=O) groups is 1. The molecule has 5 heteroatoms. The Bertz CT molecular complexity index is 808. The number of benzene rings is 2. The lowest BCUT2D eigenvalue weighted by molar-refractivity contribution is -0.116. The summed E-state index contributed by atoms with van der Waals surface area (Å²) in [6.45, 7) is 1.89. The van der Waals surface area contributed by atoms with Crippen LogP contribution in [0.2, 0.25) is 0 Å². The van der Waals surface area contributed by atoms with Crippen LogP contribution in [0.15, 0.2) is 42.5 Å². The second kappa shape index (κ2) is 5.97. The van der Waals surface area contributed by atoms with Gasteiger partial charge in [-0.2, -0.15) is 0 Å². The van der Waals surface area contributed by atoms with Crippen molar-refractivity contribution in [2.24, 2.45) is 0 Å². The van der Waals surface area contributed by atoms with Gasteiger partial charge in [0.2, 0.25) is 5.91 Å². The Morgan fingerprint density at radius 3 is 2.77 bits per heavy atom. The van der Waals surface area contributed by atoms with Gasteiger partial charge in [-0.1, -0.05) is 12.1 Å². The summed E-state index contributed by atoms with van der Waals surface area (Å²) < 4.78 is 12.8. The number of carbonyl (C=O) groups excluding carboxylic acids is 1. The van der Waals surface area contributed by atoms with E-state index in [1.807, 2.05) is 25.1 Å². The lowest BCUT2D eigenvalue weighted by Crippen LogP contribution is -2.12. The fourth-order valence-electron chi connectivity index (χ4n) is 2.35. The molecule has 4 nitrogen and oxygen atoms in total. The predicted molar refractivity (Wildman–Crippen MR) is 84.2 cm³/mol. The standard InChI is InChI=1S/C17H16FN3O/c1-11-19-15-8-7-14(10-16(15)20-11)21-17(22)9-4-12-2-5-13(18)6-3-12/h2-3,5-8,10H,4,9H2,1H3,(H,19,20)(H,21,22). The average molecular weight is 297 g/mol. The third-order valence-corrected chi connectivity index (χ3v) is 3.44. The molecule has 0 fully saturated rings. The molecule has 22 heavy (non-hydrogen) atoms. The van der Waals surface area contributed by atoms with Gasteiger partial charge in [0.15, 0.2) is 0 Å². The van der Waals surface area contributed by atoms with Gasteiger partial charge in [-0.15, -0.1) is 0 Å². The van der Waals surface area contributed by atoms with Crippen molar-refractivity contribution in [3.05, 3.63) is 59.7 Å². The van der Waals surface area contributed by atoms with Crippen LogP contribution in [0.25, 0.3) is 11.0 Å². The number of hydrogen-bond acceptors (Lipinski definition) is 2. The minimum atomic E-state index is -0.267. The van der Waals surface area contributed by atoms with E-state index in [-0.39, 0.29) is 11.7 Å². The molecule has 0 aliphatic carbocycles. The number of nitrogens with zero attached hydrogens (tertiary/aromatic N) is 1. The molecule has 112 valence electrons. The number of halogens is 1. The lowest BCUT2D eigenvalue weighted by Gasteiger charge is -2.05. The van der Waals surface area contributed by atoms with Crippen LogP contribution in [0.1, 0.15) is 17.8 Å². The Morgan fingerprint density at radius 1 is 1.23 bits per heavy atom. The maximum Gasteiger partial charge on any atom is 0.224 e. The highest BCUT2D eigenvalue weighted by atomic mass is 19.1. The monoisotopic (exact) mass is 297 g/mol. The van der Waals surface area contributed by atoms with E-state index >= 15 is 0 Å². The Balaban J connectivity index is 1.61. The van der Waals surface area contributed by atoms with Crippen molar-refractivity contribution < 1.29 is 9.18 Å². The first-order chi connectivity index (χ1) is 10.6. The van der Waals surface area contributed by atoms with E-state index in [0.29, 0.717) is 12.8 Å². The molecule has 1 amide bonds. The summed E-state index contributed by atoms with van der Waals surface area (Å²) in [5.74, 6) is 0.506. The molecule has 0 bridgehead atoms. The molecule has 1 aromatic heterocycles. The molecule has 0 saturated heterocycles. The number of fused-ring (bicyclic) bond motifs is 1. The SMILES string of the molecule is Cc1nc2ccc(NC(=O)CCc3ccc(F)cc3)cc2[nH]1. The molecule has 0 aliphatic heterocycles. The largest absolute Gasteiger partial charge is 0.342 e. The fraction of sp³-hybridized carbons (Fsp3) is 0.176. The van der Waals surface area contributed by atoms with E-state index in [9.17, 15) is 9.18 Å². The molecule has 2 aromatic carbocycles. The summed E-state index contributed by atoms with van der Waals surface area (Å²) in [5.41, 5.74) is 3.45. The van der Waals surface area contributed by atoms with Gasteiger partial charge >= 0.3 is 0 Å². The molecule has 0 radical (unpaired) electrons. The van der Waals surface area contributed by atoms with E-state index in [1.54, 1.807) is 12.1 Å². The molecule has 0 saturated carbocycles. The van der Waals surface area contributed by atoms with Crippen LogP contribution in [0.5, 0.6) is 0 Å². The fourth-order valence-corrected chi connectivity index (χ4v) is 2.35. The zero-order chi connectivity index (χ0) is 15.5. The number of anilines is 1. The maximum atomic E-state index is 12.8. The smallest absolute Gasteiger partial charge is 0.224 e. The summed E-state index contributed by atoms with van der Waals surface area (Å²) in [7, 11) is 0. The summed E-state index contributed by atoms with van der Waals surface area (Å²) >= 11 is 0. The van der Waals surface area contributed by atoms with Crippen molar-refractivity contribution in [1.29, 1.82) is 0 Å². The molecule has 0 atom stereocenters. The van der Waals surface area contributed by atoms with E-state index in [2.05, 4.69) is 15.3 Å². The minimum Gasteiger partial charge on any atom is -0.342 e. The number of H-pyrrole nitrogens is 1. The first-order valence-corrected chi connectivity index (χ1v) is 7.11. The zero-order valence-corrected chi connectivity index (χ0v) is 12.2. The molecule has 0 aliphatic rings. The highest BCUT2D eigenvalue weighted by molar-refractivity contribution is 5.93. The number of amides is 1. The van der Waals surface area contributed by atoms with Crippen molar-refractivity contribution in [3.63, 3.8) is 0 Å². The number of aromatic nitrogens is 2. The van der Waals surface area contributed by atoms with E-state index < -0.39 is 0 Å². The lowest BCUT2D eigenvalue weighted by atomic mass is 10.1. The number of hydrogen-bond donors (Lipinski definition) is 2. The van der Waals surface area contributed by atoms with Gasteiger partial charge < -0.3 is 10.3 Å². The molecular weight excluding hydrogens is 281 g/mol. The van der Waals surface area contributed by atoms with Crippen molar-refractivity contribution in [2.75, 3.05) is 5.32 Å². The predicted octanol–water partition coefficient (Wildman–Crippen LogP) is 3.58. The average Bonchev–Trinajstić information content (AvgIpc) is 2.86. The van der Waals surface area contributed by atoms with Crippen LogP contribution in [-0.2, 0) is 11.2 Å². The molecule has 3 aromatic rings. The number of imidazole rings is 1. The van der Waals surface area contributed by atoms with Gasteiger partial charge in [-0.3, -0.25) is 4.79 Å². The Labute approximate surface area is 127 Å². The van der Waals surface area contributed by atoms with Crippen LogP contribution in [0, 0.1) is 12.7 Å². The molecule has 3 rings (SSSR count). The Morgan fingerprint density at radius 2 is 2.00 bits per heavy atom. The number of nitrogens with one attached hydrogen (secondary N) is 2. The number of rotatable bonds is 4. The molecule has 2 N–H and O–H groups in total. The van der Waals surface area contributed by atoms with Crippen LogP contribution in [0.3, 0.4) is 0 Å². The summed E-state index contributed by atoms with van der Waals surface area (Å²) in [4.78, 5) is 19.4. The number of aromatic amines is 1. The number of aryl methyl sites for hydroxylation is 2.